The van der Waals surface area contributed by atoms with E-state index >= 15 is 0 Å². The van der Waals surface area contributed by atoms with Crippen LogP contribution in [0.1, 0.15) is 13.8 Å². The van der Waals surface area contributed by atoms with Crippen LogP contribution in [0.25, 0.3) is 0 Å². The largest absolute Gasteiger partial charge is 0.479 e. The third-order valence-corrected chi connectivity index (χ3v) is 6.72. The molecule has 24 heavy (non-hydrogen) atoms. The van der Waals surface area contributed by atoms with E-state index in [-0.39, 0.29) is 11.4 Å². The van der Waals surface area contributed by atoms with E-state index in [1.807, 2.05) is 13.8 Å². The molecule has 1 N–H and O–H groups in total. The molecular formula is C14H20N4O4S2. The number of hydrogen-bond acceptors (Lipinski definition) is 6. The Hall–Kier alpha value is -1.65. The molecule has 0 saturated carbocycles. The molecule has 8 nitrogen and oxygen atoms in total. The minimum Gasteiger partial charge on any atom is -0.479 e. The molecule has 1 saturated heterocycles. The van der Waals surface area contributed by atoms with Gasteiger partial charge in [-0.3, -0.25) is 5.01 Å². The van der Waals surface area contributed by atoms with Crippen molar-refractivity contribution in [1.82, 2.24) is 9.31 Å². The van der Waals surface area contributed by atoms with Gasteiger partial charge in [0.1, 0.15) is 0 Å². The third-order valence-electron chi connectivity index (χ3n) is 3.52. The minimum absolute atomic E-state index is 0.0537. The number of thioether (sulfide) groups is 1. The summed E-state index contributed by atoms with van der Waals surface area (Å²) in [6.07, 6.45) is 0. The molecule has 1 aliphatic heterocycles. The number of aliphatic carboxylic acids is 1. The highest BCUT2D eigenvalue weighted by Gasteiger charge is 2.40. The van der Waals surface area contributed by atoms with Crippen LogP contribution in [0.15, 0.2) is 39.5 Å². The average Bonchev–Trinajstić information content (AvgIpc) is 3.07. The van der Waals surface area contributed by atoms with E-state index in [0.29, 0.717) is 11.4 Å². The van der Waals surface area contributed by atoms with E-state index in [9.17, 15) is 13.2 Å². The molecule has 1 heterocycles. The first-order valence-electron chi connectivity index (χ1n) is 7.53. The van der Waals surface area contributed by atoms with E-state index in [4.69, 9.17) is 5.11 Å². The van der Waals surface area contributed by atoms with Crippen molar-refractivity contribution in [3.63, 3.8) is 0 Å². The number of carbonyl (C=O) groups is 1. The number of hydrogen-bond donors (Lipinski definition) is 1. The van der Waals surface area contributed by atoms with E-state index < -0.39 is 21.4 Å². The first kappa shape index (κ1) is 18.7. The summed E-state index contributed by atoms with van der Waals surface area (Å²) in [6, 6.07) is 5.96. The monoisotopic (exact) mass is 372 g/mol. The summed E-state index contributed by atoms with van der Waals surface area (Å²) in [4.78, 5) is 11.2. The molecule has 1 fully saturated rings. The topological polar surface area (TPSA) is 103 Å². The van der Waals surface area contributed by atoms with Gasteiger partial charge in [-0.15, -0.1) is 16.9 Å². The van der Waals surface area contributed by atoms with Crippen LogP contribution in [0.5, 0.6) is 0 Å². The van der Waals surface area contributed by atoms with Crippen LogP contribution in [0.3, 0.4) is 0 Å². The summed E-state index contributed by atoms with van der Waals surface area (Å²) in [7, 11) is -3.84. The smallest absolute Gasteiger partial charge is 0.332 e. The van der Waals surface area contributed by atoms with Gasteiger partial charge >= 0.3 is 5.97 Å². The summed E-state index contributed by atoms with van der Waals surface area (Å²) in [5.74, 6) is -0.683. The van der Waals surface area contributed by atoms with E-state index in [2.05, 4.69) is 10.3 Å². The zero-order valence-corrected chi connectivity index (χ0v) is 15.1. The normalized spacial score (nSPS) is 19.0. The Kier molecular flexibility index (Phi) is 6.19. The molecule has 2 rings (SSSR count). The number of carboxylic acids is 1. The summed E-state index contributed by atoms with van der Waals surface area (Å²) < 4.78 is 26.2. The maximum absolute atomic E-state index is 12.6. The predicted molar refractivity (Wildman–Crippen MR) is 91.7 cm³/mol. The molecular weight excluding hydrogens is 352 g/mol. The second-order valence-electron chi connectivity index (χ2n) is 5.00. The SMILES string of the molecule is CCN(CC)N=Nc1ccc(S(=O)(=O)N2CCS[C@@H]2C(=O)O)cc1. The van der Waals surface area contributed by atoms with Gasteiger partial charge in [-0.2, -0.15) is 4.31 Å². The highest BCUT2D eigenvalue weighted by molar-refractivity contribution is 8.02. The fourth-order valence-electron chi connectivity index (χ4n) is 2.18. The van der Waals surface area contributed by atoms with Gasteiger partial charge in [0.2, 0.25) is 10.0 Å². The third kappa shape index (κ3) is 4.05. The van der Waals surface area contributed by atoms with Gasteiger partial charge in [0.15, 0.2) is 5.37 Å². The molecule has 1 aromatic carbocycles. The number of benzene rings is 1. The molecule has 0 bridgehead atoms. The molecule has 10 heteroatoms. The molecule has 0 unspecified atom stereocenters. The lowest BCUT2D eigenvalue weighted by Crippen LogP contribution is -2.39. The molecule has 132 valence electrons. The summed E-state index contributed by atoms with van der Waals surface area (Å²) in [6.45, 7) is 5.58. The molecule has 0 aliphatic carbocycles. The van der Waals surface area contributed by atoms with Crippen molar-refractivity contribution in [1.29, 1.82) is 0 Å². The fraction of sp³-hybridized carbons (Fsp3) is 0.500. The number of rotatable bonds is 7. The van der Waals surface area contributed by atoms with Gasteiger partial charge in [-0.1, -0.05) is 5.22 Å². The Morgan fingerprint density at radius 1 is 1.33 bits per heavy atom. The van der Waals surface area contributed by atoms with Crippen molar-refractivity contribution in [2.45, 2.75) is 24.1 Å². The fourth-order valence-corrected chi connectivity index (χ4v) is 5.18. The van der Waals surface area contributed by atoms with Gasteiger partial charge in [0.25, 0.3) is 0 Å². The van der Waals surface area contributed by atoms with Crippen LogP contribution in [0.4, 0.5) is 5.69 Å². The molecule has 1 aliphatic rings. The second kappa shape index (κ2) is 7.95. The van der Waals surface area contributed by atoms with Crippen LogP contribution in [0.2, 0.25) is 0 Å². The molecule has 1 aromatic rings. The summed E-state index contributed by atoms with van der Waals surface area (Å²) >= 11 is 1.11. The lowest BCUT2D eigenvalue weighted by Gasteiger charge is -2.20. The van der Waals surface area contributed by atoms with Crippen LogP contribution in [0, 0.1) is 0 Å². The Labute approximate surface area is 145 Å². The van der Waals surface area contributed by atoms with Crippen molar-refractivity contribution in [2.75, 3.05) is 25.4 Å². The zero-order valence-electron chi connectivity index (χ0n) is 13.5. The number of sulfonamides is 1. The van der Waals surface area contributed by atoms with Crippen molar-refractivity contribution < 1.29 is 18.3 Å². The van der Waals surface area contributed by atoms with Crippen molar-refractivity contribution in [2.24, 2.45) is 10.3 Å². The Morgan fingerprint density at radius 3 is 2.50 bits per heavy atom. The first-order valence-corrected chi connectivity index (χ1v) is 10.0. The molecule has 0 aromatic heterocycles. The standard InChI is InChI=1S/C14H20N4O4S2/c1-3-17(4-2)16-15-11-5-7-12(8-6-11)24(21,22)18-9-10-23-13(18)14(19)20/h5-8,13H,3-4,9-10H2,1-2H3,(H,19,20)/t13-/m1/s1. The Morgan fingerprint density at radius 2 is 1.96 bits per heavy atom. The van der Waals surface area contributed by atoms with Crippen LogP contribution in [-0.2, 0) is 14.8 Å². The van der Waals surface area contributed by atoms with Gasteiger partial charge in [-0.25, -0.2) is 13.2 Å². The van der Waals surface area contributed by atoms with Crippen molar-refractivity contribution in [3.8, 4) is 0 Å². The lowest BCUT2D eigenvalue weighted by molar-refractivity contribution is -0.138. The quantitative estimate of drug-likeness (QED) is 0.581. The van der Waals surface area contributed by atoms with E-state index in [1.54, 1.807) is 17.1 Å². The maximum Gasteiger partial charge on any atom is 0.332 e. The van der Waals surface area contributed by atoms with Crippen LogP contribution in [-0.4, -0.2) is 59.6 Å². The van der Waals surface area contributed by atoms with Gasteiger partial charge in [0, 0.05) is 25.4 Å². The summed E-state index contributed by atoms with van der Waals surface area (Å²) in [5.41, 5.74) is 0.534. The van der Waals surface area contributed by atoms with Gasteiger partial charge in [-0.05, 0) is 38.1 Å². The number of carboxylic acid groups (broad SMARTS) is 1. The number of nitrogens with zero attached hydrogens (tertiary/aromatic N) is 4. The van der Waals surface area contributed by atoms with Crippen LogP contribution >= 0.6 is 11.8 Å². The minimum atomic E-state index is -3.84. The van der Waals surface area contributed by atoms with Crippen LogP contribution < -0.4 is 0 Å². The Bertz CT molecular complexity index is 702. The summed E-state index contributed by atoms with van der Waals surface area (Å²) in [5, 5.41) is 18.0. The molecule has 0 radical (unpaired) electrons. The highest BCUT2D eigenvalue weighted by atomic mass is 32.2. The zero-order chi connectivity index (χ0) is 17.7. The molecule has 0 spiro atoms. The molecule has 1 atom stereocenters. The first-order chi connectivity index (χ1) is 11.4. The molecule has 0 amide bonds. The second-order valence-corrected chi connectivity index (χ2v) is 8.08. The Balaban J connectivity index is 2.19. The average molecular weight is 372 g/mol. The van der Waals surface area contributed by atoms with Crippen molar-refractivity contribution >= 4 is 33.4 Å². The van der Waals surface area contributed by atoms with Gasteiger partial charge in [0.05, 0.1) is 10.6 Å². The van der Waals surface area contributed by atoms with Crippen molar-refractivity contribution in [3.05, 3.63) is 24.3 Å². The lowest BCUT2D eigenvalue weighted by atomic mass is 10.3. The highest BCUT2D eigenvalue weighted by Crippen LogP contribution is 2.30. The maximum atomic E-state index is 12.6. The predicted octanol–water partition coefficient (Wildman–Crippen LogP) is 2.18. The van der Waals surface area contributed by atoms with E-state index in [1.165, 1.54) is 12.1 Å². The van der Waals surface area contributed by atoms with E-state index in [0.717, 1.165) is 29.2 Å². The van der Waals surface area contributed by atoms with Gasteiger partial charge < -0.3 is 5.11 Å².